The number of rotatable bonds is 17. The van der Waals surface area contributed by atoms with Gasteiger partial charge in [-0.25, -0.2) is 13.4 Å². The normalized spacial score (nSPS) is 26.9. The number of hydrazine groups is 1. The lowest BCUT2D eigenvalue weighted by Crippen LogP contribution is -2.55. The average Bonchev–Trinajstić information content (AvgIpc) is 3.07. The minimum atomic E-state index is -3.61. The van der Waals surface area contributed by atoms with Crippen molar-refractivity contribution in [2.45, 2.75) is 141 Å². The highest BCUT2D eigenvalue weighted by atomic mass is 32.2. The van der Waals surface area contributed by atoms with Crippen LogP contribution in [0.5, 0.6) is 0 Å². The maximum atomic E-state index is 14.1. The molecule has 3 rings (SSSR count). The van der Waals surface area contributed by atoms with Crippen molar-refractivity contribution in [1.29, 1.82) is 0 Å². The van der Waals surface area contributed by atoms with Gasteiger partial charge in [-0.05, 0) is 83.0 Å². The molecule has 0 aromatic rings. The average molecular weight is 700 g/mol. The Morgan fingerprint density at radius 1 is 0.812 bits per heavy atom. The molecule has 3 fully saturated rings. The van der Waals surface area contributed by atoms with E-state index in [0.717, 1.165) is 44.9 Å². The summed E-state index contributed by atoms with van der Waals surface area (Å²) in [7, 11) is -0.226. The van der Waals surface area contributed by atoms with Crippen molar-refractivity contribution < 1.29 is 33.0 Å². The summed E-state index contributed by atoms with van der Waals surface area (Å²) in [6.45, 7) is 7.50. The Kier molecular flexibility index (Phi) is 16.6. The molecule has 5 atom stereocenters. The number of carbonyl (C=O) groups excluding carboxylic acids is 3. The third kappa shape index (κ3) is 11.9. The quantitative estimate of drug-likeness (QED) is 0.169. The van der Waals surface area contributed by atoms with Crippen LogP contribution in [0, 0.1) is 23.7 Å². The fraction of sp³-hybridized carbons (Fsp3) is 0.914. The molecule has 278 valence electrons. The standard InChI is InChI=1S/C35H65N5O7S/c1-6-18-39(19-7-2)35(45)28-22-26(21-27(23-28)34(44)38(4)5)33(43)36-31(20-25-14-16-29(41)17-15-25)32(42)24-40(8-3)37-48(46,47)30-12-10-9-11-13-30/h25-32,37,41-42H,6-24H2,1-5H3,(H,36,43). The number of amides is 3. The largest absolute Gasteiger partial charge is 0.393 e. The van der Waals surface area contributed by atoms with Gasteiger partial charge in [-0.15, -0.1) is 4.83 Å². The highest BCUT2D eigenvalue weighted by molar-refractivity contribution is 7.90. The lowest BCUT2D eigenvalue weighted by atomic mass is 9.73. The molecule has 0 bridgehead atoms. The summed E-state index contributed by atoms with van der Waals surface area (Å²) in [5.41, 5.74) is 0. The second-order valence-electron chi connectivity index (χ2n) is 14.9. The number of carbonyl (C=O) groups is 3. The maximum absolute atomic E-state index is 14.1. The summed E-state index contributed by atoms with van der Waals surface area (Å²) < 4.78 is 26.4. The number of aliphatic hydroxyl groups excluding tert-OH is 2. The predicted octanol–water partition coefficient (Wildman–Crippen LogP) is 3.03. The minimum Gasteiger partial charge on any atom is -0.393 e. The van der Waals surface area contributed by atoms with E-state index in [1.807, 2.05) is 25.7 Å². The molecular weight excluding hydrogens is 634 g/mol. The number of likely N-dealkylation sites (N-methyl/N-ethyl adjacent to an activating group) is 1. The van der Waals surface area contributed by atoms with Gasteiger partial charge in [-0.3, -0.25) is 14.4 Å². The van der Waals surface area contributed by atoms with Gasteiger partial charge in [0.25, 0.3) is 0 Å². The molecule has 3 aliphatic carbocycles. The monoisotopic (exact) mass is 699 g/mol. The van der Waals surface area contributed by atoms with Gasteiger partial charge in [0.1, 0.15) is 0 Å². The van der Waals surface area contributed by atoms with Crippen LogP contribution in [-0.2, 0) is 24.4 Å². The fourth-order valence-corrected chi connectivity index (χ4v) is 9.66. The lowest BCUT2D eigenvalue weighted by Gasteiger charge is -2.38. The first-order valence-corrected chi connectivity index (χ1v) is 20.3. The summed E-state index contributed by atoms with van der Waals surface area (Å²) in [6, 6.07) is -0.665. The molecule has 0 saturated heterocycles. The molecule has 3 amide bonds. The summed E-state index contributed by atoms with van der Waals surface area (Å²) in [6.07, 6.45) is 8.73. The Balaban J connectivity index is 1.80. The smallest absolute Gasteiger partial charge is 0.227 e. The molecule has 12 nitrogen and oxygen atoms in total. The number of nitrogens with one attached hydrogen (secondary N) is 2. The zero-order valence-corrected chi connectivity index (χ0v) is 31.1. The van der Waals surface area contributed by atoms with Gasteiger partial charge in [0.15, 0.2) is 0 Å². The van der Waals surface area contributed by atoms with E-state index in [1.165, 1.54) is 9.91 Å². The second-order valence-corrected chi connectivity index (χ2v) is 16.8. The number of nitrogens with zero attached hydrogens (tertiary/aromatic N) is 3. The van der Waals surface area contributed by atoms with Crippen molar-refractivity contribution >= 4 is 27.7 Å². The van der Waals surface area contributed by atoms with E-state index in [9.17, 15) is 33.0 Å². The predicted molar refractivity (Wildman–Crippen MR) is 187 cm³/mol. The molecule has 0 heterocycles. The summed E-state index contributed by atoms with van der Waals surface area (Å²) >= 11 is 0. The fourth-order valence-electron chi connectivity index (χ4n) is 8.00. The Morgan fingerprint density at radius 3 is 1.92 bits per heavy atom. The Hall–Kier alpha value is -1.80. The first-order chi connectivity index (χ1) is 22.8. The van der Waals surface area contributed by atoms with E-state index < -0.39 is 45.2 Å². The number of sulfonamides is 1. The molecule has 13 heteroatoms. The van der Waals surface area contributed by atoms with Gasteiger partial charge >= 0.3 is 0 Å². The van der Waals surface area contributed by atoms with Crippen molar-refractivity contribution in [3.05, 3.63) is 0 Å². The van der Waals surface area contributed by atoms with Crippen molar-refractivity contribution in [3.8, 4) is 0 Å². The van der Waals surface area contributed by atoms with E-state index in [-0.39, 0.29) is 36.3 Å². The zero-order chi connectivity index (χ0) is 35.4. The van der Waals surface area contributed by atoms with Gasteiger partial charge in [0, 0.05) is 58.0 Å². The zero-order valence-electron chi connectivity index (χ0n) is 30.2. The van der Waals surface area contributed by atoms with Crippen LogP contribution in [0.3, 0.4) is 0 Å². The van der Waals surface area contributed by atoms with E-state index in [1.54, 1.807) is 14.1 Å². The van der Waals surface area contributed by atoms with Gasteiger partial charge in [-0.2, -0.15) is 0 Å². The van der Waals surface area contributed by atoms with Gasteiger partial charge in [0.2, 0.25) is 27.7 Å². The van der Waals surface area contributed by atoms with Crippen molar-refractivity contribution in [2.24, 2.45) is 23.7 Å². The second kappa shape index (κ2) is 19.6. The van der Waals surface area contributed by atoms with Crippen molar-refractivity contribution in [1.82, 2.24) is 25.0 Å². The highest BCUT2D eigenvalue weighted by Crippen LogP contribution is 2.36. The van der Waals surface area contributed by atoms with Crippen LogP contribution in [-0.4, -0.2) is 115 Å². The third-order valence-corrected chi connectivity index (χ3v) is 12.6. The molecule has 3 saturated carbocycles. The number of hydrogen-bond donors (Lipinski definition) is 4. The molecule has 0 radical (unpaired) electrons. The summed E-state index contributed by atoms with van der Waals surface area (Å²) in [5, 5.41) is 25.9. The lowest BCUT2D eigenvalue weighted by molar-refractivity contribution is -0.143. The molecule has 0 aromatic heterocycles. The van der Waals surface area contributed by atoms with E-state index in [0.29, 0.717) is 71.0 Å². The first-order valence-electron chi connectivity index (χ1n) is 18.7. The van der Waals surface area contributed by atoms with E-state index in [4.69, 9.17) is 0 Å². The molecule has 4 N–H and O–H groups in total. The summed E-state index contributed by atoms with van der Waals surface area (Å²) in [5.74, 6) is -1.69. The van der Waals surface area contributed by atoms with Crippen LogP contribution in [0.4, 0.5) is 0 Å². The molecule has 0 spiro atoms. The topological polar surface area (TPSA) is 160 Å². The van der Waals surface area contributed by atoms with Crippen LogP contribution < -0.4 is 10.1 Å². The van der Waals surface area contributed by atoms with E-state index >= 15 is 0 Å². The number of aliphatic hydroxyl groups is 2. The molecule has 0 aliphatic heterocycles. The Morgan fingerprint density at radius 2 is 1.38 bits per heavy atom. The third-order valence-electron chi connectivity index (χ3n) is 10.7. The summed E-state index contributed by atoms with van der Waals surface area (Å²) in [4.78, 5) is 47.1. The van der Waals surface area contributed by atoms with Gasteiger partial charge < -0.3 is 25.3 Å². The molecule has 0 aromatic carbocycles. The van der Waals surface area contributed by atoms with E-state index in [2.05, 4.69) is 10.1 Å². The molecule has 3 aliphatic rings. The van der Waals surface area contributed by atoms with Crippen LogP contribution in [0.1, 0.15) is 117 Å². The van der Waals surface area contributed by atoms with Crippen molar-refractivity contribution in [2.75, 3.05) is 40.3 Å². The Bertz CT molecular complexity index is 1120. The van der Waals surface area contributed by atoms with Gasteiger partial charge in [0.05, 0.1) is 23.5 Å². The SMILES string of the molecule is CCCN(CCC)C(=O)C1CC(C(=O)NC(CC2CCC(O)CC2)C(O)CN(CC)NS(=O)(=O)C2CCCCC2)CC(C(=O)N(C)C)C1. The molecular formula is C35H65N5O7S. The van der Waals surface area contributed by atoms with Crippen molar-refractivity contribution in [3.63, 3.8) is 0 Å². The Labute approximate surface area is 289 Å². The van der Waals surface area contributed by atoms with Crippen LogP contribution in [0.25, 0.3) is 0 Å². The van der Waals surface area contributed by atoms with Gasteiger partial charge in [-0.1, -0.05) is 40.0 Å². The minimum absolute atomic E-state index is 0.000739. The van der Waals surface area contributed by atoms with Crippen LogP contribution >= 0.6 is 0 Å². The first kappa shape index (κ1) is 40.6. The maximum Gasteiger partial charge on any atom is 0.227 e. The molecule has 5 unspecified atom stereocenters. The highest BCUT2D eigenvalue weighted by Gasteiger charge is 2.42. The molecule has 48 heavy (non-hydrogen) atoms. The number of hydrogen-bond acceptors (Lipinski definition) is 8. The van der Waals surface area contributed by atoms with Crippen LogP contribution in [0.2, 0.25) is 0 Å². The van der Waals surface area contributed by atoms with Crippen LogP contribution in [0.15, 0.2) is 0 Å².